The molecule has 1 saturated heterocycles. The summed E-state index contributed by atoms with van der Waals surface area (Å²) in [5.41, 5.74) is 7.00. The molecule has 1 aromatic carbocycles. The predicted octanol–water partition coefficient (Wildman–Crippen LogP) is 0.858. The number of primary amides is 1. The number of anilines is 1. The van der Waals surface area contributed by atoms with Gasteiger partial charge in [-0.1, -0.05) is 0 Å². The standard InChI is InChI=1S/C16H23N3O3/c1-11-10-18(8-9-19(11)12(2)15(17)20)14-6-4-13(5-7-14)16(21)22-3/h4-7,11-12H,8-10H2,1-3H3,(H2,17,20)/t11-,12-/m1/s1. The van der Waals surface area contributed by atoms with Crippen LogP contribution in [-0.4, -0.2) is 55.6 Å². The van der Waals surface area contributed by atoms with Crippen molar-refractivity contribution in [3.63, 3.8) is 0 Å². The van der Waals surface area contributed by atoms with Gasteiger partial charge in [-0.3, -0.25) is 9.69 Å². The zero-order chi connectivity index (χ0) is 16.3. The average Bonchev–Trinajstić information content (AvgIpc) is 2.53. The Bertz CT molecular complexity index is 544. The third-order valence-electron chi connectivity index (χ3n) is 4.24. The fraction of sp³-hybridized carbons (Fsp3) is 0.500. The maximum Gasteiger partial charge on any atom is 0.337 e. The number of methoxy groups -OCH3 is 1. The summed E-state index contributed by atoms with van der Waals surface area (Å²) < 4.78 is 4.70. The SMILES string of the molecule is COC(=O)c1ccc(N2CCN([C@H](C)C(N)=O)[C@H](C)C2)cc1. The lowest BCUT2D eigenvalue weighted by atomic mass is 10.1. The maximum atomic E-state index is 11.4. The number of nitrogens with zero attached hydrogens (tertiary/aromatic N) is 2. The second-order valence-electron chi connectivity index (χ2n) is 5.65. The third-order valence-corrected chi connectivity index (χ3v) is 4.24. The summed E-state index contributed by atoms with van der Waals surface area (Å²) >= 11 is 0. The molecule has 0 radical (unpaired) electrons. The molecular weight excluding hydrogens is 282 g/mol. The fourth-order valence-electron chi connectivity index (χ4n) is 2.87. The van der Waals surface area contributed by atoms with E-state index in [-0.39, 0.29) is 24.0 Å². The van der Waals surface area contributed by atoms with Crippen LogP contribution in [0.15, 0.2) is 24.3 Å². The molecule has 2 rings (SSSR count). The highest BCUT2D eigenvalue weighted by atomic mass is 16.5. The number of carbonyl (C=O) groups excluding carboxylic acids is 2. The van der Waals surface area contributed by atoms with E-state index in [0.717, 1.165) is 25.3 Å². The van der Waals surface area contributed by atoms with Crippen LogP contribution in [0.4, 0.5) is 5.69 Å². The molecule has 0 aliphatic carbocycles. The normalized spacial score (nSPS) is 20.5. The van der Waals surface area contributed by atoms with Crippen LogP contribution in [0.2, 0.25) is 0 Å². The largest absolute Gasteiger partial charge is 0.465 e. The molecule has 0 unspecified atom stereocenters. The Labute approximate surface area is 130 Å². The van der Waals surface area contributed by atoms with Crippen LogP contribution in [0.5, 0.6) is 0 Å². The summed E-state index contributed by atoms with van der Waals surface area (Å²) in [6, 6.07) is 7.36. The van der Waals surface area contributed by atoms with Crippen molar-refractivity contribution in [2.75, 3.05) is 31.6 Å². The topological polar surface area (TPSA) is 75.9 Å². The summed E-state index contributed by atoms with van der Waals surface area (Å²) in [5.74, 6) is -0.622. The molecule has 1 aliphatic rings. The summed E-state index contributed by atoms with van der Waals surface area (Å²) in [6.45, 7) is 6.35. The lowest BCUT2D eigenvalue weighted by Crippen LogP contribution is -2.57. The van der Waals surface area contributed by atoms with Gasteiger partial charge in [0.15, 0.2) is 0 Å². The van der Waals surface area contributed by atoms with Gasteiger partial charge in [0.05, 0.1) is 18.7 Å². The summed E-state index contributed by atoms with van der Waals surface area (Å²) in [6.07, 6.45) is 0. The number of hydrogen-bond donors (Lipinski definition) is 1. The molecule has 1 aromatic rings. The minimum atomic E-state index is -0.333. The number of esters is 1. The summed E-state index contributed by atoms with van der Waals surface area (Å²) in [7, 11) is 1.37. The highest BCUT2D eigenvalue weighted by Gasteiger charge is 2.29. The van der Waals surface area contributed by atoms with E-state index in [9.17, 15) is 9.59 Å². The van der Waals surface area contributed by atoms with Crippen LogP contribution in [0.25, 0.3) is 0 Å². The van der Waals surface area contributed by atoms with Crippen LogP contribution >= 0.6 is 0 Å². The molecule has 1 heterocycles. The van der Waals surface area contributed by atoms with Crippen molar-refractivity contribution in [3.05, 3.63) is 29.8 Å². The van der Waals surface area contributed by atoms with Crippen molar-refractivity contribution in [3.8, 4) is 0 Å². The molecule has 2 N–H and O–H groups in total. The van der Waals surface area contributed by atoms with Gasteiger partial charge in [-0.15, -0.1) is 0 Å². The van der Waals surface area contributed by atoms with E-state index in [1.807, 2.05) is 19.1 Å². The Morgan fingerprint density at radius 3 is 2.41 bits per heavy atom. The number of hydrogen-bond acceptors (Lipinski definition) is 5. The van der Waals surface area contributed by atoms with Gasteiger partial charge in [0.25, 0.3) is 0 Å². The van der Waals surface area contributed by atoms with E-state index < -0.39 is 0 Å². The monoisotopic (exact) mass is 305 g/mol. The van der Waals surface area contributed by atoms with E-state index in [1.165, 1.54) is 7.11 Å². The van der Waals surface area contributed by atoms with Gasteiger partial charge in [-0.05, 0) is 38.1 Å². The predicted molar refractivity (Wildman–Crippen MR) is 84.8 cm³/mol. The number of amides is 1. The van der Waals surface area contributed by atoms with Crippen LogP contribution in [-0.2, 0) is 9.53 Å². The number of carbonyl (C=O) groups is 2. The highest BCUT2D eigenvalue weighted by Crippen LogP contribution is 2.21. The lowest BCUT2D eigenvalue weighted by Gasteiger charge is -2.43. The van der Waals surface area contributed by atoms with Gasteiger partial charge in [-0.25, -0.2) is 4.79 Å². The van der Waals surface area contributed by atoms with Gasteiger partial charge in [-0.2, -0.15) is 0 Å². The minimum Gasteiger partial charge on any atom is -0.465 e. The first-order chi connectivity index (χ1) is 10.4. The van der Waals surface area contributed by atoms with Crippen LogP contribution in [0, 0.1) is 0 Å². The Kier molecular flexibility index (Phi) is 5.03. The molecule has 22 heavy (non-hydrogen) atoms. The smallest absolute Gasteiger partial charge is 0.337 e. The third kappa shape index (κ3) is 3.39. The quantitative estimate of drug-likeness (QED) is 0.835. The van der Waals surface area contributed by atoms with Gasteiger partial charge in [0.2, 0.25) is 5.91 Å². The van der Waals surface area contributed by atoms with Crippen molar-refractivity contribution in [2.45, 2.75) is 25.9 Å². The number of benzene rings is 1. The van der Waals surface area contributed by atoms with Crippen molar-refractivity contribution in [1.29, 1.82) is 0 Å². The average molecular weight is 305 g/mol. The molecule has 0 spiro atoms. The van der Waals surface area contributed by atoms with Crippen molar-refractivity contribution < 1.29 is 14.3 Å². The Morgan fingerprint density at radius 1 is 1.27 bits per heavy atom. The van der Waals surface area contributed by atoms with E-state index in [0.29, 0.717) is 5.56 Å². The summed E-state index contributed by atoms with van der Waals surface area (Å²) in [5, 5.41) is 0. The molecule has 0 aromatic heterocycles. The van der Waals surface area contributed by atoms with E-state index in [1.54, 1.807) is 12.1 Å². The van der Waals surface area contributed by atoms with E-state index in [4.69, 9.17) is 10.5 Å². The first-order valence-corrected chi connectivity index (χ1v) is 7.42. The second kappa shape index (κ2) is 6.79. The number of ether oxygens (including phenoxy) is 1. The molecule has 1 amide bonds. The van der Waals surface area contributed by atoms with Crippen molar-refractivity contribution >= 4 is 17.6 Å². The number of piperazine rings is 1. The first kappa shape index (κ1) is 16.3. The molecule has 6 nitrogen and oxygen atoms in total. The zero-order valence-electron chi connectivity index (χ0n) is 13.3. The van der Waals surface area contributed by atoms with Gasteiger partial charge < -0.3 is 15.4 Å². The van der Waals surface area contributed by atoms with Gasteiger partial charge in [0.1, 0.15) is 0 Å². The first-order valence-electron chi connectivity index (χ1n) is 7.42. The maximum absolute atomic E-state index is 11.4. The Hall–Kier alpha value is -2.08. The molecule has 0 bridgehead atoms. The van der Waals surface area contributed by atoms with Crippen LogP contribution in [0.1, 0.15) is 24.2 Å². The van der Waals surface area contributed by atoms with Crippen molar-refractivity contribution in [2.24, 2.45) is 5.73 Å². The molecule has 1 aliphatic heterocycles. The Balaban J connectivity index is 2.04. The van der Waals surface area contributed by atoms with Crippen molar-refractivity contribution in [1.82, 2.24) is 4.90 Å². The molecule has 120 valence electrons. The molecule has 6 heteroatoms. The van der Waals surface area contributed by atoms with E-state index >= 15 is 0 Å². The Morgan fingerprint density at radius 2 is 1.91 bits per heavy atom. The highest BCUT2D eigenvalue weighted by molar-refractivity contribution is 5.89. The molecule has 2 atom stereocenters. The van der Waals surface area contributed by atoms with Gasteiger partial charge >= 0.3 is 5.97 Å². The molecule has 0 saturated carbocycles. The molecule has 1 fully saturated rings. The summed E-state index contributed by atoms with van der Waals surface area (Å²) in [4.78, 5) is 27.2. The second-order valence-corrected chi connectivity index (χ2v) is 5.65. The van der Waals surface area contributed by atoms with Gasteiger partial charge in [0, 0.05) is 31.4 Å². The molecular formula is C16H23N3O3. The lowest BCUT2D eigenvalue weighted by molar-refractivity contribution is -0.123. The number of rotatable bonds is 4. The van der Waals surface area contributed by atoms with E-state index in [2.05, 4.69) is 16.7 Å². The number of nitrogens with two attached hydrogens (primary N) is 1. The zero-order valence-corrected chi connectivity index (χ0v) is 13.3. The van der Waals surface area contributed by atoms with Crippen LogP contribution < -0.4 is 10.6 Å². The van der Waals surface area contributed by atoms with Crippen LogP contribution in [0.3, 0.4) is 0 Å². The fourth-order valence-corrected chi connectivity index (χ4v) is 2.87. The minimum absolute atomic E-state index is 0.233.